The monoisotopic (exact) mass is 411 g/mol. The minimum absolute atomic E-state index is 0.155. The van der Waals surface area contributed by atoms with Gasteiger partial charge in [-0.2, -0.15) is 0 Å². The van der Waals surface area contributed by atoms with Gasteiger partial charge in [0, 0.05) is 36.4 Å². The molecule has 2 aromatic heterocycles. The van der Waals surface area contributed by atoms with Crippen molar-refractivity contribution in [2.24, 2.45) is 0 Å². The quantitative estimate of drug-likeness (QED) is 0.622. The molecule has 3 heterocycles. The topological polar surface area (TPSA) is 64.9 Å². The van der Waals surface area contributed by atoms with Gasteiger partial charge in [0.05, 0.1) is 12.3 Å². The van der Waals surface area contributed by atoms with Crippen LogP contribution in [0.25, 0.3) is 11.7 Å². The van der Waals surface area contributed by atoms with Crippen LogP contribution in [0.4, 0.5) is 0 Å². The Balaban J connectivity index is 1.48. The molecule has 29 heavy (non-hydrogen) atoms. The van der Waals surface area contributed by atoms with Crippen LogP contribution in [0.2, 0.25) is 5.15 Å². The number of nitrogens with one attached hydrogen (secondary N) is 1. The molecule has 0 unspecified atom stereocenters. The Morgan fingerprint density at radius 2 is 2.31 bits per heavy atom. The van der Waals surface area contributed by atoms with Crippen LogP contribution < -0.4 is 14.8 Å². The van der Waals surface area contributed by atoms with E-state index in [2.05, 4.69) is 10.3 Å². The van der Waals surface area contributed by atoms with E-state index in [0.29, 0.717) is 24.0 Å². The zero-order chi connectivity index (χ0) is 20.4. The van der Waals surface area contributed by atoms with Crippen LogP contribution in [-0.2, 0) is 17.8 Å². The average Bonchev–Trinajstić information content (AvgIpc) is 3.22. The number of imidazole rings is 1. The summed E-state index contributed by atoms with van der Waals surface area (Å²) in [5, 5.41) is 3.25. The van der Waals surface area contributed by atoms with E-state index >= 15 is 0 Å². The number of ether oxygens (including phenoxy) is 2. The Hall–Kier alpha value is -2.99. The van der Waals surface area contributed by atoms with Gasteiger partial charge in [-0.1, -0.05) is 17.7 Å². The van der Waals surface area contributed by atoms with Crippen molar-refractivity contribution in [2.45, 2.75) is 32.9 Å². The summed E-state index contributed by atoms with van der Waals surface area (Å²) in [5.41, 5.74) is 3.41. The van der Waals surface area contributed by atoms with Gasteiger partial charge in [-0.3, -0.25) is 9.20 Å². The molecule has 7 heteroatoms. The van der Waals surface area contributed by atoms with E-state index in [9.17, 15) is 4.79 Å². The van der Waals surface area contributed by atoms with Crippen molar-refractivity contribution in [1.82, 2.24) is 14.7 Å². The number of nitrogens with zero attached hydrogens (tertiary/aromatic N) is 2. The fraction of sp³-hybridized carbons (Fsp3) is 0.273. The molecule has 4 rings (SSSR count). The van der Waals surface area contributed by atoms with Crippen LogP contribution in [0.3, 0.4) is 0 Å². The molecule has 0 aliphatic carbocycles. The van der Waals surface area contributed by atoms with E-state index < -0.39 is 0 Å². The van der Waals surface area contributed by atoms with Crippen molar-refractivity contribution in [2.75, 3.05) is 6.61 Å². The van der Waals surface area contributed by atoms with E-state index in [-0.39, 0.29) is 12.0 Å². The maximum atomic E-state index is 12.4. The molecule has 0 saturated heterocycles. The van der Waals surface area contributed by atoms with Gasteiger partial charge in [-0.15, -0.1) is 0 Å². The summed E-state index contributed by atoms with van der Waals surface area (Å²) in [6, 6.07) is 9.59. The van der Waals surface area contributed by atoms with Crippen LogP contribution in [0.5, 0.6) is 11.5 Å². The number of pyridine rings is 1. The van der Waals surface area contributed by atoms with Gasteiger partial charge >= 0.3 is 0 Å². The summed E-state index contributed by atoms with van der Waals surface area (Å²) in [4.78, 5) is 16.6. The van der Waals surface area contributed by atoms with Gasteiger partial charge in [0.2, 0.25) is 5.91 Å². The molecule has 0 radical (unpaired) electrons. The molecule has 1 aromatic carbocycles. The van der Waals surface area contributed by atoms with Gasteiger partial charge in [-0.05, 0) is 44.2 Å². The second-order valence-electron chi connectivity index (χ2n) is 6.90. The van der Waals surface area contributed by atoms with Gasteiger partial charge in [0.15, 0.2) is 5.15 Å². The number of hydrogen-bond donors (Lipinski definition) is 1. The lowest BCUT2D eigenvalue weighted by Gasteiger charge is -2.13. The van der Waals surface area contributed by atoms with Gasteiger partial charge < -0.3 is 14.8 Å². The lowest BCUT2D eigenvalue weighted by molar-refractivity contribution is -0.116. The summed E-state index contributed by atoms with van der Waals surface area (Å²) >= 11 is 6.20. The number of aromatic nitrogens is 2. The number of fused-ring (bicyclic) bond motifs is 2. The first kappa shape index (κ1) is 19.3. The highest BCUT2D eigenvalue weighted by Crippen LogP contribution is 2.35. The SMILES string of the molecule is CCOc1cc2c(cc1CNC(=O)/C=C/c1c(Cl)nc3ccccn13)O[C@H](C)C2. The minimum atomic E-state index is -0.232. The number of hydrogen-bond acceptors (Lipinski definition) is 4. The predicted octanol–water partition coefficient (Wildman–Crippen LogP) is 4.04. The maximum Gasteiger partial charge on any atom is 0.244 e. The third-order valence-corrected chi connectivity index (χ3v) is 5.02. The van der Waals surface area contributed by atoms with Crippen LogP contribution in [-0.4, -0.2) is 28.0 Å². The number of rotatable bonds is 6. The van der Waals surface area contributed by atoms with Crippen molar-refractivity contribution < 1.29 is 14.3 Å². The Bertz CT molecular complexity index is 1090. The van der Waals surface area contributed by atoms with Crippen molar-refractivity contribution in [3.63, 3.8) is 0 Å². The van der Waals surface area contributed by atoms with Crippen LogP contribution in [0.15, 0.2) is 42.6 Å². The van der Waals surface area contributed by atoms with Crippen molar-refractivity contribution in [1.29, 1.82) is 0 Å². The lowest BCUT2D eigenvalue weighted by atomic mass is 10.1. The second-order valence-corrected chi connectivity index (χ2v) is 7.26. The number of benzene rings is 1. The normalized spacial score (nSPS) is 15.5. The molecule has 1 N–H and O–H groups in total. The molecule has 1 aliphatic heterocycles. The van der Waals surface area contributed by atoms with Crippen LogP contribution in [0.1, 0.15) is 30.7 Å². The first-order valence-electron chi connectivity index (χ1n) is 9.59. The number of halogens is 1. The Kier molecular flexibility index (Phi) is 5.45. The molecule has 1 atom stereocenters. The van der Waals surface area contributed by atoms with Gasteiger partial charge in [-0.25, -0.2) is 4.98 Å². The molecule has 0 bridgehead atoms. The highest BCUT2D eigenvalue weighted by molar-refractivity contribution is 6.31. The summed E-state index contributed by atoms with van der Waals surface area (Å²) in [6.45, 7) is 4.88. The maximum absolute atomic E-state index is 12.4. The first-order valence-corrected chi connectivity index (χ1v) is 9.96. The standard InChI is InChI=1S/C22H22ClN3O3/c1-3-28-18-11-15-10-14(2)29-19(15)12-16(18)13-24-21(27)8-7-17-22(23)25-20-6-4-5-9-26(17)20/h4-9,11-12,14H,3,10,13H2,1-2H3,(H,24,27)/b8-7+/t14-/m1/s1. The third kappa shape index (κ3) is 4.07. The molecule has 0 spiro atoms. The van der Waals surface area contributed by atoms with Crippen molar-refractivity contribution in [3.05, 3.63) is 64.6 Å². The van der Waals surface area contributed by atoms with E-state index in [1.807, 2.05) is 54.8 Å². The minimum Gasteiger partial charge on any atom is -0.494 e. The summed E-state index contributed by atoms with van der Waals surface area (Å²) in [5.74, 6) is 1.40. The molecule has 0 saturated carbocycles. The number of amides is 1. The third-order valence-electron chi connectivity index (χ3n) is 4.75. The van der Waals surface area contributed by atoms with Crippen LogP contribution in [0, 0.1) is 0 Å². The summed E-state index contributed by atoms with van der Waals surface area (Å²) < 4.78 is 13.4. The van der Waals surface area contributed by atoms with Crippen molar-refractivity contribution in [3.8, 4) is 11.5 Å². The Morgan fingerprint density at radius 3 is 3.14 bits per heavy atom. The fourth-order valence-corrected chi connectivity index (χ4v) is 3.68. The zero-order valence-corrected chi connectivity index (χ0v) is 17.1. The van der Waals surface area contributed by atoms with Crippen molar-refractivity contribution >= 4 is 29.2 Å². The molecule has 1 aliphatic rings. The predicted molar refractivity (Wildman–Crippen MR) is 112 cm³/mol. The zero-order valence-electron chi connectivity index (χ0n) is 16.3. The van der Waals surface area contributed by atoms with E-state index in [1.54, 1.807) is 6.08 Å². The highest BCUT2D eigenvalue weighted by atomic mass is 35.5. The smallest absolute Gasteiger partial charge is 0.244 e. The number of carbonyl (C=O) groups is 1. The average molecular weight is 412 g/mol. The highest BCUT2D eigenvalue weighted by Gasteiger charge is 2.22. The van der Waals surface area contributed by atoms with E-state index in [4.69, 9.17) is 21.1 Å². The first-order chi connectivity index (χ1) is 14.0. The Morgan fingerprint density at radius 1 is 1.45 bits per heavy atom. The molecular weight excluding hydrogens is 390 g/mol. The second kappa shape index (κ2) is 8.17. The fourth-order valence-electron chi connectivity index (χ4n) is 3.44. The molecular formula is C22H22ClN3O3. The molecule has 3 aromatic rings. The van der Waals surface area contributed by atoms with E-state index in [0.717, 1.165) is 34.7 Å². The largest absolute Gasteiger partial charge is 0.494 e. The molecule has 6 nitrogen and oxygen atoms in total. The molecule has 1 amide bonds. The summed E-state index contributed by atoms with van der Waals surface area (Å²) in [7, 11) is 0. The Labute approximate surface area is 174 Å². The van der Waals surface area contributed by atoms with Gasteiger partial charge in [0.1, 0.15) is 23.3 Å². The van der Waals surface area contributed by atoms with Gasteiger partial charge in [0.25, 0.3) is 0 Å². The lowest BCUT2D eigenvalue weighted by Crippen LogP contribution is -2.20. The molecule has 0 fully saturated rings. The molecule has 150 valence electrons. The summed E-state index contributed by atoms with van der Waals surface area (Å²) in [6.07, 6.45) is 5.99. The van der Waals surface area contributed by atoms with E-state index in [1.165, 1.54) is 6.08 Å². The number of carbonyl (C=O) groups excluding carboxylic acids is 1. The van der Waals surface area contributed by atoms with Crippen LogP contribution >= 0.6 is 11.6 Å².